The third kappa shape index (κ3) is 106. The fourth-order valence-electron chi connectivity index (χ4n) is 12.4. The van der Waals surface area contributed by atoms with Crippen molar-refractivity contribution >= 4 is 176 Å². The molecule has 0 radical (unpaired) electrons. The van der Waals surface area contributed by atoms with Crippen LogP contribution >= 0.6 is 176 Å². The first kappa shape index (κ1) is 147. The molecule has 2 fully saturated rings. The molecule has 0 spiro atoms. The molecule has 0 aromatic heterocycles. The van der Waals surface area contributed by atoms with Gasteiger partial charge in [-0.3, -0.25) is 0 Å². The highest BCUT2D eigenvalue weighted by Gasteiger charge is 2.34. The van der Waals surface area contributed by atoms with E-state index in [9.17, 15) is 0 Å². The minimum absolute atomic E-state index is 0.00434. The van der Waals surface area contributed by atoms with E-state index in [1.807, 2.05) is 97.2 Å². The zero-order valence-electron chi connectivity index (χ0n) is 87.6. The van der Waals surface area contributed by atoms with Crippen molar-refractivity contribution in [1.29, 1.82) is 0 Å². The van der Waals surface area contributed by atoms with Gasteiger partial charge in [0, 0.05) is 72.8 Å². The molecule has 804 valence electrons. The minimum atomic E-state index is -0.617. The summed E-state index contributed by atoms with van der Waals surface area (Å²) in [6.07, 6.45) is 157. The molecule has 0 N–H and O–H groups in total. The molecule has 0 heterocycles. The van der Waals surface area contributed by atoms with Crippen LogP contribution in [0, 0.1) is 23.7 Å². The summed E-state index contributed by atoms with van der Waals surface area (Å²) in [7, 11) is 35.4. The Hall–Kier alpha value is 0.360. The Morgan fingerprint density at radius 3 is 0.944 bits per heavy atom. The van der Waals surface area contributed by atoms with Crippen LogP contribution in [-0.4, -0.2) is 67.6 Å². The number of unbranched alkanes of at least 4 members (excludes halogenated alkanes) is 4. The van der Waals surface area contributed by atoms with Crippen molar-refractivity contribution in [3.63, 3.8) is 0 Å². The predicted octanol–water partition coefficient (Wildman–Crippen LogP) is 40.1. The van der Waals surface area contributed by atoms with Gasteiger partial charge in [-0.2, -0.15) is 0 Å². The standard InChI is InChI=1S/2C23H35OP.3C22H40O3P6/c1-3-5-13-18-23(24-25)19-15-12-10-8-6-7-9-11-14-17-22-20-21(22)16-4-2;1-3-5-7-13-16-21-20-22(21)17-14-10-8-9-11-15-19-23(24-25)18-12-6-4-2;1-3-5-7-14-18-21(23-26)22(24-30-27)19-15-11-9-8-10-13-17-20(25-31(28)29)16-12-6-4-2;1-3-5-7-13-16-20(23-26)17-14-10-8-9-11-15-18-21(24-30-27)22(25-31(28)29)19-12-6-4-2;1-2-3-4-11-16-21(24-26)17-12-8-6-5-7-9-13-18-22(25-30-27)19-14-10-15-20-23-31(28)29/h5-7,9-15,17,19,21-23H,3-4,8,16,18,20,25H2,1-2H3;6-15,17,19,21-23H,3-5,16,18,20,25H2,1-2H3;6-15,17,19-22,30H,3-5,16,18,26-29H2,1-2H3;6-15,17-18,20-22,30H,3-5,16,19,26-29H2,1-2H3;4,6-14,17-18,21-22,30H,2-3,5,15-16,19-20,26-29H2,1H3/b7-6-,11-9+,12-10-,13-5-,17-14+,19-15+;10-8-,11-9-,12-6-,13-7-,17-14+,19-15+;10-8-,11-9-,12-6-,14-7-,17-13+,19-15+;10-8-,11-9-,12-6-,13-7-,17-14+,18-15+;8-6-,9-7-,11-4-,14-10-,17-12+,18-13+. The largest absolute Gasteiger partial charge is 0.359 e. The molecule has 2 saturated carbocycles. The van der Waals surface area contributed by atoms with Gasteiger partial charge in [-0.25, -0.2) is 0 Å². The van der Waals surface area contributed by atoms with Crippen molar-refractivity contribution in [3.8, 4) is 0 Å². The van der Waals surface area contributed by atoms with Crippen LogP contribution in [0.15, 0.2) is 365 Å². The number of hydrogen-bond acceptors (Lipinski definition) is 11. The Morgan fingerprint density at radius 2 is 0.566 bits per heavy atom. The summed E-state index contributed by atoms with van der Waals surface area (Å²) in [5.74, 6) is 3.47. The molecule has 0 aromatic carbocycles. The van der Waals surface area contributed by atoms with Crippen LogP contribution in [-0.2, 0) is 49.8 Å². The number of allylic oxidation sites excluding steroid dienone is 43. The highest BCUT2D eigenvalue weighted by molar-refractivity contribution is 8.41. The summed E-state index contributed by atoms with van der Waals surface area (Å²) < 4.78 is 62.1. The lowest BCUT2D eigenvalue weighted by atomic mass is 10.1. The summed E-state index contributed by atoms with van der Waals surface area (Å²) in [6, 6.07) is 0. The fourth-order valence-corrected chi connectivity index (χ4v) is 19.9. The molecular weight excluding hydrogens is 2140 g/mol. The molecule has 31 atom stereocenters. The Morgan fingerprint density at radius 1 is 0.266 bits per heavy atom. The average molecular weight is 2330 g/mol. The van der Waals surface area contributed by atoms with Crippen LogP contribution < -0.4 is 0 Å². The molecule has 143 heavy (non-hydrogen) atoms. The number of hydrogen-bond donors (Lipinski definition) is 0. The third-order valence-electron chi connectivity index (χ3n) is 20.2. The molecule has 0 aromatic rings. The SMILES string of the molecule is CC/C=C\CC(/C=C/C=C\C=C/C=C/C(OPP)C(C/C=C\CCC)OP)OP(P)P.CC/C=C\CC(/C=C/C=C\C=C/C=C/C1CC1C/C=C\CCC)OP.CC/C=C\CC(/C=C/C=C\C\C=C/C=C/C=C/C1CC1CCC)OP.CC/C=C\CC(OP(P)P)C(/C=C/C=C\C=C/C=C/C(C/C=C\CCC)OP)OPP.CCC/C=C\CC(/C=C/C=C\C/C=C\C=C\C(C/C=C\CCOP(P)P)OPP)OP. The normalized spacial score (nSPS) is 18.6. The first-order valence-electron chi connectivity index (χ1n) is 50.8. The number of rotatable bonds is 81. The lowest BCUT2D eigenvalue weighted by Gasteiger charge is -2.25. The highest BCUT2D eigenvalue weighted by atomic mass is 32.4. The maximum Gasteiger partial charge on any atom is 0.107 e. The monoisotopic (exact) mass is 2330 g/mol. The van der Waals surface area contributed by atoms with Crippen LogP contribution in [0.25, 0.3) is 0 Å². The molecule has 0 amide bonds. The summed E-state index contributed by atoms with van der Waals surface area (Å²) >= 11 is 0. The summed E-state index contributed by atoms with van der Waals surface area (Å²) in [4.78, 5) is 0. The zero-order chi connectivity index (χ0) is 106. The quantitative estimate of drug-likeness (QED) is 0.0252. The van der Waals surface area contributed by atoms with Gasteiger partial charge in [-0.05, 0) is 165 Å². The van der Waals surface area contributed by atoms with Gasteiger partial charge in [0.15, 0.2) is 0 Å². The van der Waals surface area contributed by atoms with Crippen molar-refractivity contribution in [2.24, 2.45) is 23.7 Å². The van der Waals surface area contributed by atoms with Crippen LogP contribution in [0.5, 0.6) is 0 Å². The lowest BCUT2D eigenvalue weighted by Crippen LogP contribution is -2.25. The van der Waals surface area contributed by atoms with Gasteiger partial charge in [-0.15, -0.1) is 0 Å². The van der Waals surface area contributed by atoms with Crippen molar-refractivity contribution in [1.82, 2.24) is 0 Å². The topological polar surface area (TPSA) is 102 Å². The summed E-state index contributed by atoms with van der Waals surface area (Å²) in [5, 5.41) is 0. The van der Waals surface area contributed by atoms with Crippen molar-refractivity contribution in [2.75, 3.05) is 6.61 Å². The van der Waals surface area contributed by atoms with E-state index in [2.05, 4.69) is 457 Å². The van der Waals surface area contributed by atoms with E-state index >= 15 is 0 Å². The van der Waals surface area contributed by atoms with E-state index in [1.165, 1.54) is 57.8 Å². The van der Waals surface area contributed by atoms with Gasteiger partial charge in [0.1, 0.15) is 12.2 Å². The minimum Gasteiger partial charge on any atom is -0.359 e. The van der Waals surface area contributed by atoms with E-state index in [1.54, 1.807) is 0 Å². The molecule has 0 aliphatic heterocycles. The summed E-state index contributed by atoms with van der Waals surface area (Å²) in [5.41, 5.74) is 0. The lowest BCUT2D eigenvalue weighted by molar-refractivity contribution is 0.114. The highest BCUT2D eigenvalue weighted by Crippen LogP contribution is 2.56. The van der Waals surface area contributed by atoms with Crippen LogP contribution in [0.1, 0.15) is 242 Å². The van der Waals surface area contributed by atoms with E-state index < -0.39 is 22.6 Å². The van der Waals surface area contributed by atoms with Crippen molar-refractivity contribution in [2.45, 2.75) is 303 Å². The third-order valence-corrected chi connectivity index (χ3v) is 28.3. The first-order valence-corrected chi connectivity index (χ1v) is 74.8. The predicted molar refractivity (Wildman–Crippen MR) is 705 cm³/mol. The molecule has 2 rings (SSSR count). The zero-order valence-corrected chi connectivity index (χ0v) is 109. The maximum absolute atomic E-state index is 6.09. The summed E-state index contributed by atoms with van der Waals surface area (Å²) in [6.45, 7) is 20.3. The van der Waals surface area contributed by atoms with E-state index in [4.69, 9.17) is 49.8 Å². The molecule has 2 aliphatic carbocycles. The second-order valence-electron chi connectivity index (χ2n) is 32.5. The molecule has 0 saturated heterocycles. The Kier molecular flexibility index (Phi) is 123. The van der Waals surface area contributed by atoms with Crippen LogP contribution in [0.3, 0.4) is 0 Å². The van der Waals surface area contributed by atoms with E-state index in [0.717, 1.165) is 152 Å². The second-order valence-corrected chi connectivity index (χ2v) is 54.8. The molecule has 11 nitrogen and oxygen atoms in total. The van der Waals surface area contributed by atoms with Gasteiger partial charge < -0.3 is 49.8 Å². The Bertz CT molecular complexity index is 3880. The molecular formula is C112H190O11P20. The maximum atomic E-state index is 6.09. The Balaban J connectivity index is -0.00000172. The molecule has 2 aliphatic rings. The molecule has 31 unspecified atom stereocenters. The van der Waals surface area contributed by atoms with E-state index in [0.29, 0.717) is 25.5 Å². The van der Waals surface area contributed by atoms with Crippen molar-refractivity contribution < 1.29 is 49.8 Å². The van der Waals surface area contributed by atoms with Crippen LogP contribution in [0.2, 0.25) is 0 Å². The van der Waals surface area contributed by atoms with Gasteiger partial charge in [-0.1, -0.05) is 546 Å². The van der Waals surface area contributed by atoms with Gasteiger partial charge in [0.2, 0.25) is 0 Å². The Labute approximate surface area is 916 Å². The van der Waals surface area contributed by atoms with Gasteiger partial charge in [0.05, 0.1) is 78.0 Å². The van der Waals surface area contributed by atoms with Crippen molar-refractivity contribution in [3.05, 3.63) is 365 Å². The van der Waals surface area contributed by atoms with E-state index in [-0.39, 0.29) is 61.0 Å². The second kappa shape index (κ2) is 119. The van der Waals surface area contributed by atoms with Gasteiger partial charge >= 0.3 is 0 Å². The smallest absolute Gasteiger partial charge is 0.107 e. The molecule has 31 heteroatoms. The van der Waals surface area contributed by atoms with Gasteiger partial charge in [0.25, 0.3) is 0 Å². The average Bonchev–Trinajstić information content (AvgIpc) is 1.72. The first-order chi connectivity index (χ1) is 69.9. The molecule has 0 bridgehead atoms. The fraction of sp³-hybridized carbons (Fsp3) is 0.464. The van der Waals surface area contributed by atoms with Crippen LogP contribution in [0.4, 0.5) is 0 Å².